The highest BCUT2D eigenvalue weighted by molar-refractivity contribution is 7.57. The quantitative estimate of drug-likeness (QED) is 0.238. The van der Waals surface area contributed by atoms with Crippen LogP contribution in [0.1, 0.15) is 0 Å². The highest BCUT2D eigenvalue weighted by Gasteiger charge is 1.18. The Bertz CT molecular complexity index is 21.2. The molecule has 0 spiro atoms. The highest BCUT2D eigenvalue weighted by atomic mass is 32.1. The molecule has 0 amide bonds. The van der Waals surface area contributed by atoms with Crippen molar-refractivity contribution >= 4 is 19.2 Å². The summed E-state index contributed by atoms with van der Waals surface area (Å²) in [5.41, 5.74) is 4.63. The summed E-state index contributed by atoms with van der Waals surface area (Å²) >= 11 is 4.00. The Morgan fingerprint density at radius 2 is 2.25 bits per heavy atom. The summed E-state index contributed by atoms with van der Waals surface area (Å²) in [6, 6.07) is 0. The van der Waals surface area contributed by atoms with Gasteiger partial charge in [0.1, 0.15) is 0 Å². The zero-order valence-electron chi connectivity index (χ0n) is 2.01. The van der Waals surface area contributed by atoms with Gasteiger partial charge in [-0.05, 0) is 0 Å². The summed E-state index contributed by atoms with van der Waals surface area (Å²) < 4.78 is 2.97. The maximum Gasteiger partial charge on any atom is 0.0581 e. The third-order valence-corrected chi connectivity index (χ3v) is 0.183. The molecular weight excluding hydrogens is 72.1 g/mol. The molecule has 4 heavy (non-hydrogen) atoms. The second kappa shape index (κ2) is 2.69. The molecule has 0 rings (SSSR count). The van der Waals surface area contributed by atoms with Crippen LogP contribution in [0, 0.1) is 0 Å². The second-order valence-corrected chi connectivity index (χ2v) is 0.465. The van der Waals surface area contributed by atoms with E-state index < -0.39 is 0 Å². The first-order valence-electron chi connectivity index (χ1n) is 0.774. The molecule has 0 heterocycles. The van der Waals surface area contributed by atoms with Crippen LogP contribution in [0.25, 0.3) is 0 Å². The van der Waals surface area contributed by atoms with E-state index in [2.05, 4.69) is 22.9 Å². The zero-order valence-corrected chi connectivity index (χ0v) is 2.83. The van der Waals surface area contributed by atoms with Crippen LogP contribution >= 0.6 is 0 Å². The Hall–Kier alpha value is -0.310. The first kappa shape index (κ1) is 3.69. The van der Waals surface area contributed by atoms with E-state index in [1.165, 1.54) is 0 Å². The number of hydrogen-bond acceptors (Lipinski definition) is 2. The van der Waals surface area contributed by atoms with Gasteiger partial charge in [0.15, 0.2) is 0 Å². The molecule has 0 aliphatic carbocycles. The standard InChI is InChI=1S/CH4N2S/c2-1-3-4/h1,4H,(H2,2,3)/p-1. The lowest BCUT2D eigenvalue weighted by Gasteiger charge is -1.77. The first-order chi connectivity index (χ1) is 1.91. The Balaban J connectivity index is 2.55. The zero-order chi connectivity index (χ0) is 3.41. The van der Waals surface area contributed by atoms with Gasteiger partial charge >= 0.3 is 0 Å². The Kier molecular flexibility index (Phi) is 2.48. The van der Waals surface area contributed by atoms with Crippen molar-refractivity contribution in [3.05, 3.63) is 0 Å². The molecule has 0 radical (unpaired) electrons. The van der Waals surface area contributed by atoms with E-state index in [0.717, 1.165) is 6.34 Å². The number of nitrogens with two attached hydrogens (primary N) is 1. The molecule has 0 saturated heterocycles. The van der Waals surface area contributed by atoms with Crippen LogP contribution in [0.4, 0.5) is 0 Å². The van der Waals surface area contributed by atoms with Crippen molar-refractivity contribution in [3.8, 4) is 0 Å². The number of nitrogens with zero attached hydrogens (tertiary/aromatic N) is 1. The minimum absolute atomic E-state index is 1.06. The molecule has 3 heteroatoms. The summed E-state index contributed by atoms with van der Waals surface area (Å²) in [4.78, 5) is 0. The molecule has 0 saturated carbocycles. The van der Waals surface area contributed by atoms with Crippen molar-refractivity contribution in [2.45, 2.75) is 0 Å². The van der Waals surface area contributed by atoms with Crippen molar-refractivity contribution in [2.75, 3.05) is 0 Å². The Labute approximate surface area is 30.3 Å². The van der Waals surface area contributed by atoms with Crippen LogP contribution in [-0.2, 0) is 12.8 Å². The summed E-state index contributed by atoms with van der Waals surface area (Å²) in [6.45, 7) is 0. The maximum absolute atomic E-state index is 4.63. The molecule has 0 fully saturated rings. The molecule has 24 valence electrons. The predicted octanol–water partition coefficient (Wildman–Crippen LogP) is -0.565. The average Bonchev–Trinajstić information content (AvgIpc) is 1.37. The van der Waals surface area contributed by atoms with Gasteiger partial charge in [0.25, 0.3) is 0 Å². The maximum atomic E-state index is 4.63. The smallest absolute Gasteiger partial charge is 0.0581 e. The van der Waals surface area contributed by atoms with Crippen molar-refractivity contribution < 1.29 is 0 Å². The van der Waals surface area contributed by atoms with E-state index in [9.17, 15) is 0 Å². The fourth-order valence-electron chi connectivity index (χ4n) is 0. The van der Waals surface area contributed by atoms with E-state index in [4.69, 9.17) is 0 Å². The molecule has 0 aliphatic heterocycles. The predicted molar refractivity (Wildman–Crippen MR) is 20.0 cm³/mol. The van der Waals surface area contributed by atoms with E-state index >= 15 is 0 Å². The topological polar surface area (TPSA) is 38.4 Å². The van der Waals surface area contributed by atoms with Crippen molar-refractivity contribution in [3.63, 3.8) is 0 Å². The molecule has 0 aromatic rings. The monoisotopic (exact) mass is 75.0 g/mol. The normalized spacial score (nSPS) is 9.00. The molecular formula is CH3N2S-. The highest BCUT2D eigenvalue weighted by Crippen LogP contribution is 1.34. The van der Waals surface area contributed by atoms with Gasteiger partial charge in [0.05, 0.1) is 6.34 Å². The summed E-state index contributed by atoms with van der Waals surface area (Å²) in [6.07, 6.45) is 1.06. The summed E-state index contributed by atoms with van der Waals surface area (Å²) in [7, 11) is 0. The van der Waals surface area contributed by atoms with Gasteiger partial charge in [-0.3, -0.25) is 0 Å². The van der Waals surface area contributed by atoms with Gasteiger partial charge in [0.2, 0.25) is 0 Å². The Morgan fingerprint density at radius 3 is 2.25 bits per heavy atom. The van der Waals surface area contributed by atoms with Gasteiger partial charge < -0.3 is 22.9 Å². The van der Waals surface area contributed by atoms with Crippen LogP contribution in [0.15, 0.2) is 4.40 Å². The van der Waals surface area contributed by atoms with Crippen LogP contribution in [-0.4, -0.2) is 6.34 Å². The number of hydrogen-bond donors (Lipinski definition) is 1. The van der Waals surface area contributed by atoms with Gasteiger partial charge in [-0.25, -0.2) is 0 Å². The second-order valence-electron chi connectivity index (χ2n) is 0.254. The largest absolute Gasteiger partial charge is 0.668 e. The summed E-state index contributed by atoms with van der Waals surface area (Å²) in [5.74, 6) is 0. The van der Waals surface area contributed by atoms with E-state index in [-0.39, 0.29) is 0 Å². The molecule has 0 aliphatic rings. The molecule has 0 aromatic carbocycles. The van der Waals surface area contributed by atoms with E-state index in [0.29, 0.717) is 0 Å². The SMILES string of the molecule is NC=N[S-]. The third-order valence-electron chi connectivity index (χ3n) is 0.0609. The van der Waals surface area contributed by atoms with Gasteiger partial charge in [-0.1, -0.05) is 0 Å². The van der Waals surface area contributed by atoms with Crippen LogP contribution < -0.4 is 5.73 Å². The van der Waals surface area contributed by atoms with Crippen molar-refractivity contribution in [1.29, 1.82) is 0 Å². The third kappa shape index (κ3) is 1.69. The van der Waals surface area contributed by atoms with Crippen molar-refractivity contribution in [1.82, 2.24) is 0 Å². The molecule has 0 unspecified atom stereocenters. The molecule has 0 atom stereocenters. The van der Waals surface area contributed by atoms with Crippen LogP contribution in [0.3, 0.4) is 0 Å². The Morgan fingerprint density at radius 1 is 2.00 bits per heavy atom. The number of rotatable bonds is 0. The lowest BCUT2D eigenvalue weighted by atomic mass is 11.4. The minimum atomic E-state index is 1.06. The minimum Gasteiger partial charge on any atom is -0.668 e. The van der Waals surface area contributed by atoms with Crippen LogP contribution in [0.5, 0.6) is 0 Å². The summed E-state index contributed by atoms with van der Waals surface area (Å²) in [5, 5.41) is 0. The fourth-order valence-corrected chi connectivity index (χ4v) is 0. The lowest BCUT2D eigenvalue weighted by Crippen LogP contribution is -1.84. The lowest BCUT2D eigenvalue weighted by molar-refractivity contribution is 1.79. The van der Waals surface area contributed by atoms with Gasteiger partial charge in [-0.15, -0.1) is 0 Å². The van der Waals surface area contributed by atoms with E-state index in [1.54, 1.807) is 0 Å². The first-order valence-corrected chi connectivity index (χ1v) is 1.14. The molecule has 0 bridgehead atoms. The van der Waals surface area contributed by atoms with Gasteiger partial charge in [0, 0.05) is 0 Å². The molecule has 0 aromatic heterocycles. The fraction of sp³-hybridized carbons (Fsp3) is 0. The molecule has 2 N–H and O–H groups in total. The van der Waals surface area contributed by atoms with E-state index in [1.807, 2.05) is 0 Å². The van der Waals surface area contributed by atoms with Crippen molar-refractivity contribution in [2.24, 2.45) is 10.1 Å². The van der Waals surface area contributed by atoms with Crippen LogP contribution in [0.2, 0.25) is 0 Å². The van der Waals surface area contributed by atoms with Gasteiger partial charge in [-0.2, -0.15) is 0 Å². The molecule has 2 nitrogen and oxygen atoms in total. The average molecular weight is 75.1 g/mol.